The monoisotopic (exact) mass is 312 g/mol. The van der Waals surface area contributed by atoms with Crippen molar-refractivity contribution in [1.82, 2.24) is 9.80 Å². The summed E-state index contributed by atoms with van der Waals surface area (Å²) in [5, 5.41) is 18.2. The first kappa shape index (κ1) is 14.4. The van der Waals surface area contributed by atoms with Crippen LogP contribution in [0.4, 0.5) is 0 Å². The normalized spacial score (nSPS) is 31.8. The van der Waals surface area contributed by atoms with Crippen LogP contribution in [-0.4, -0.2) is 62.9 Å². The Balaban J connectivity index is 1.82. The van der Waals surface area contributed by atoms with Gasteiger partial charge in [-0.05, 0) is 6.42 Å². The number of nitrogens with zero attached hydrogens (tertiary/aromatic N) is 2. The molecule has 21 heavy (non-hydrogen) atoms. The number of fused-ring (bicyclic) bond motifs is 1. The lowest BCUT2D eigenvalue weighted by molar-refractivity contribution is -0.153. The first-order valence-electron chi connectivity index (χ1n) is 6.78. The molecule has 2 amide bonds. The minimum absolute atomic E-state index is 0.0178. The van der Waals surface area contributed by atoms with Crippen molar-refractivity contribution in [3.63, 3.8) is 0 Å². The summed E-state index contributed by atoms with van der Waals surface area (Å²) in [7, 11) is 1.72. The SMILES string of the molecule is CN1C(=O)CC[C@H]1CC1=C(C(=O)O)N2C(=O)[C@H](CO)[C@H]2S1. The Hall–Kier alpha value is -1.54. The molecule has 114 valence electrons. The molecule has 3 aliphatic rings. The highest BCUT2D eigenvalue weighted by atomic mass is 32.2. The third-order valence-corrected chi connectivity index (χ3v) is 5.80. The van der Waals surface area contributed by atoms with E-state index in [1.807, 2.05) is 0 Å². The second-order valence-electron chi connectivity index (χ2n) is 5.48. The number of likely N-dealkylation sites (tertiary alicyclic amines) is 1. The van der Waals surface area contributed by atoms with E-state index in [9.17, 15) is 24.6 Å². The number of aliphatic hydroxyl groups is 1. The van der Waals surface area contributed by atoms with Gasteiger partial charge in [-0.25, -0.2) is 4.79 Å². The van der Waals surface area contributed by atoms with Gasteiger partial charge in [-0.15, -0.1) is 11.8 Å². The third kappa shape index (κ3) is 2.04. The van der Waals surface area contributed by atoms with Crippen LogP contribution in [0.2, 0.25) is 0 Å². The number of β-lactam (4-membered cyclic amide) rings is 1. The van der Waals surface area contributed by atoms with Crippen LogP contribution in [0, 0.1) is 5.92 Å². The molecule has 2 saturated heterocycles. The Bertz CT molecular complexity index is 561. The van der Waals surface area contributed by atoms with Crippen molar-refractivity contribution in [2.75, 3.05) is 13.7 Å². The molecular weight excluding hydrogens is 296 g/mol. The van der Waals surface area contributed by atoms with Gasteiger partial charge in [-0.3, -0.25) is 14.5 Å². The van der Waals surface area contributed by atoms with Crippen molar-refractivity contribution in [2.45, 2.75) is 30.7 Å². The van der Waals surface area contributed by atoms with Gasteiger partial charge >= 0.3 is 5.97 Å². The van der Waals surface area contributed by atoms with Gasteiger partial charge < -0.3 is 15.1 Å². The van der Waals surface area contributed by atoms with E-state index < -0.39 is 11.9 Å². The average molecular weight is 312 g/mol. The average Bonchev–Trinajstić information content (AvgIpc) is 2.92. The molecule has 0 aromatic rings. The minimum atomic E-state index is -1.13. The van der Waals surface area contributed by atoms with Crippen molar-refractivity contribution in [2.24, 2.45) is 5.92 Å². The van der Waals surface area contributed by atoms with Gasteiger partial charge in [0.1, 0.15) is 11.1 Å². The van der Waals surface area contributed by atoms with Crippen LogP contribution in [0.15, 0.2) is 10.6 Å². The molecule has 0 aliphatic carbocycles. The Morgan fingerprint density at radius 2 is 2.14 bits per heavy atom. The molecule has 0 radical (unpaired) electrons. The molecule has 7 nitrogen and oxygen atoms in total. The van der Waals surface area contributed by atoms with Crippen molar-refractivity contribution in [3.05, 3.63) is 10.6 Å². The zero-order valence-electron chi connectivity index (χ0n) is 11.5. The van der Waals surface area contributed by atoms with Crippen LogP contribution >= 0.6 is 11.8 Å². The number of hydrogen-bond acceptors (Lipinski definition) is 5. The predicted octanol–water partition coefficient (Wildman–Crippen LogP) is -0.183. The number of aliphatic carboxylic acids is 1. The summed E-state index contributed by atoms with van der Waals surface area (Å²) in [4.78, 5) is 38.4. The van der Waals surface area contributed by atoms with Crippen LogP contribution < -0.4 is 0 Å². The molecule has 0 bridgehead atoms. The number of carbonyl (C=O) groups is 3. The first-order chi connectivity index (χ1) is 9.95. The topological polar surface area (TPSA) is 98.2 Å². The minimum Gasteiger partial charge on any atom is -0.477 e. The lowest BCUT2D eigenvalue weighted by Gasteiger charge is -2.41. The summed E-state index contributed by atoms with van der Waals surface area (Å²) in [6, 6.07) is -0.0178. The summed E-state index contributed by atoms with van der Waals surface area (Å²) < 4.78 is 0. The molecule has 2 N–H and O–H groups in total. The van der Waals surface area contributed by atoms with E-state index in [4.69, 9.17) is 0 Å². The largest absolute Gasteiger partial charge is 0.477 e. The van der Waals surface area contributed by atoms with Crippen molar-refractivity contribution >= 4 is 29.5 Å². The molecule has 0 aromatic carbocycles. The van der Waals surface area contributed by atoms with Gasteiger partial charge in [0.25, 0.3) is 0 Å². The first-order valence-corrected chi connectivity index (χ1v) is 7.66. The highest BCUT2D eigenvalue weighted by Gasteiger charge is 2.55. The Kier molecular flexibility index (Phi) is 3.45. The third-order valence-electron chi connectivity index (χ3n) is 4.37. The number of carboxylic acid groups (broad SMARTS) is 1. The maximum Gasteiger partial charge on any atom is 0.353 e. The van der Waals surface area contributed by atoms with Gasteiger partial charge in [-0.2, -0.15) is 0 Å². The molecule has 2 fully saturated rings. The van der Waals surface area contributed by atoms with E-state index in [1.54, 1.807) is 11.9 Å². The van der Waals surface area contributed by atoms with Gasteiger partial charge in [0.05, 0.1) is 12.5 Å². The van der Waals surface area contributed by atoms with E-state index >= 15 is 0 Å². The van der Waals surface area contributed by atoms with E-state index in [0.29, 0.717) is 24.2 Å². The van der Waals surface area contributed by atoms with Crippen LogP contribution in [0.1, 0.15) is 19.3 Å². The fourth-order valence-electron chi connectivity index (χ4n) is 3.08. The second-order valence-corrected chi connectivity index (χ2v) is 6.70. The summed E-state index contributed by atoms with van der Waals surface area (Å²) in [5.74, 6) is -1.92. The number of aliphatic hydroxyl groups excluding tert-OH is 1. The summed E-state index contributed by atoms with van der Waals surface area (Å²) in [5.41, 5.74) is 0.0208. The van der Waals surface area contributed by atoms with Crippen LogP contribution in [0.5, 0.6) is 0 Å². The predicted molar refractivity (Wildman–Crippen MR) is 73.9 cm³/mol. The molecule has 3 aliphatic heterocycles. The number of amides is 2. The fraction of sp³-hybridized carbons (Fsp3) is 0.615. The molecule has 0 unspecified atom stereocenters. The number of carboxylic acids is 1. The molecule has 8 heteroatoms. The standard InChI is InChI=1S/C13H16N2O5S/c1-14-6(2-3-9(14)17)4-8-10(13(19)20)15-11(18)7(5-16)12(15)21-8/h6-7,12,16H,2-5H2,1H3,(H,19,20)/t6-,7-,12+/m0/s1. The Morgan fingerprint density at radius 1 is 1.43 bits per heavy atom. The zero-order valence-corrected chi connectivity index (χ0v) is 12.3. The molecule has 0 spiro atoms. The fourth-order valence-corrected chi connectivity index (χ4v) is 4.64. The molecule has 3 atom stereocenters. The molecule has 3 heterocycles. The van der Waals surface area contributed by atoms with Crippen molar-refractivity contribution in [1.29, 1.82) is 0 Å². The Morgan fingerprint density at radius 3 is 2.67 bits per heavy atom. The number of rotatable bonds is 4. The lowest BCUT2D eigenvalue weighted by atomic mass is 9.98. The van der Waals surface area contributed by atoms with Crippen LogP contribution in [-0.2, 0) is 14.4 Å². The van der Waals surface area contributed by atoms with E-state index in [-0.39, 0.29) is 35.5 Å². The molecule has 0 aromatic heterocycles. The number of carbonyl (C=O) groups excluding carboxylic acids is 2. The molecular formula is C13H16N2O5S. The van der Waals surface area contributed by atoms with Crippen molar-refractivity contribution in [3.8, 4) is 0 Å². The van der Waals surface area contributed by atoms with Gasteiger partial charge in [-0.1, -0.05) is 0 Å². The smallest absolute Gasteiger partial charge is 0.353 e. The summed E-state index contributed by atoms with van der Waals surface area (Å²) >= 11 is 1.33. The highest BCUT2D eigenvalue weighted by molar-refractivity contribution is 8.04. The van der Waals surface area contributed by atoms with Gasteiger partial charge in [0, 0.05) is 30.8 Å². The highest BCUT2D eigenvalue weighted by Crippen LogP contribution is 2.51. The lowest BCUT2D eigenvalue weighted by Crippen LogP contribution is -2.58. The zero-order chi connectivity index (χ0) is 15.3. The maximum atomic E-state index is 11.9. The van der Waals surface area contributed by atoms with Gasteiger partial charge in [0.15, 0.2) is 0 Å². The van der Waals surface area contributed by atoms with E-state index in [0.717, 1.165) is 0 Å². The van der Waals surface area contributed by atoms with Crippen molar-refractivity contribution < 1.29 is 24.6 Å². The summed E-state index contributed by atoms with van der Waals surface area (Å²) in [6.45, 7) is -0.269. The van der Waals surface area contributed by atoms with E-state index in [2.05, 4.69) is 0 Å². The quantitative estimate of drug-likeness (QED) is 0.699. The van der Waals surface area contributed by atoms with Gasteiger partial charge in [0.2, 0.25) is 11.8 Å². The number of hydrogen-bond donors (Lipinski definition) is 2. The maximum absolute atomic E-state index is 11.9. The molecule has 3 rings (SSSR count). The number of thioether (sulfide) groups is 1. The van der Waals surface area contributed by atoms with E-state index in [1.165, 1.54) is 16.7 Å². The Labute approximate surface area is 125 Å². The second kappa shape index (κ2) is 5.03. The van der Waals surface area contributed by atoms with Crippen LogP contribution in [0.25, 0.3) is 0 Å². The summed E-state index contributed by atoms with van der Waals surface area (Å²) in [6.07, 6.45) is 1.63. The molecule has 0 saturated carbocycles. The van der Waals surface area contributed by atoms with Crippen LogP contribution in [0.3, 0.4) is 0 Å².